The summed E-state index contributed by atoms with van der Waals surface area (Å²) in [4.78, 5) is 2.40. The zero-order valence-electron chi connectivity index (χ0n) is 20.0. The van der Waals surface area contributed by atoms with Crippen LogP contribution in [-0.2, 0) is 11.2 Å². The van der Waals surface area contributed by atoms with E-state index < -0.39 is 0 Å². The maximum Gasteiger partial charge on any atom is 0.126 e. The van der Waals surface area contributed by atoms with E-state index in [4.69, 9.17) is 15.2 Å². The Bertz CT molecular complexity index is 1150. The second-order valence-corrected chi connectivity index (χ2v) is 10.00. The van der Waals surface area contributed by atoms with E-state index in [1.807, 2.05) is 61.0 Å². The SMILES string of the molecule is COCCN1C[C@@H](CC(=N)Cc2c(Br)c(C)nn2-c2ccccc2)[C@H](c2ccc(F)c(C)c2)C1. The lowest BCUT2D eigenvalue weighted by Crippen LogP contribution is -2.25. The molecule has 0 saturated carbocycles. The van der Waals surface area contributed by atoms with Crippen LogP contribution < -0.4 is 0 Å². The number of methoxy groups -OCH3 is 1. The first-order chi connectivity index (χ1) is 16.4. The van der Waals surface area contributed by atoms with Gasteiger partial charge in [-0.3, -0.25) is 0 Å². The summed E-state index contributed by atoms with van der Waals surface area (Å²) in [6.07, 6.45) is 1.22. The Kier molecular flexibility index (Phi) is 7.96. The lowest BCUT2D eigenvalue weighted by atomic mass is 9.84. The number of aromatic nitrogens is 2. The van der Waals surface area contributed by atoms with Gasteiger partial charge in [0.05, 0.1) is 28.2 Å². The van der Waals surface area contributed by atoms with Crippen LogP contribution in [0.25, 0.3) is 5.69 Å². The van der Waals surface area contributed by atoms with Gasteiger partial charge in [0.1, 0.15) is 5.82 Å². The molecule has 0 bridgehead atoms. The summed E-state index contributed by atoms with van der Waals surface area (Å²) < 4.78 is 22.1. The Morgan fingerprint density at radius 2 is 1.94 bits per heavy atom. The molecule has 0 unspecified atom stereocenters. The molecular formula is C27H32BrFN4O. The number of nitrogens with zero attached hydrogens (tertiary/aromatic N) is 3. The van der Waals surface area contributed by atoms with E-state index in [0.717, 1.165) is 46.7 Å². The number of benzene rings is 2. The molecule has 1 saturated heterocycles. The van der Waals surface area contributed by atoms with E-state index in [1.165, 1.54) is 0 Å². The van der Waals surface area contributed by atoms with Gasteiger partial charge in [0.15, 0.2) is 0 Å². The van der Waals surface area contributed by atoms with E-state index >= 15 is 0 Å². The summed E-state index contributed by atoms with van der Waals surface area (Å²) in [6, 6.07) is 15.5. The summed E-state index contributed by atoms with van der Waals surface area (Å²) in [7, 11) is 1.72. The first-order valence-corrected chi connectivity index (χ1v) is 12.5. The van der Waals surface area contributed by atoms with Crippen molar-refractivity contribution >= 4 is 21.6 Å². The van der Waals surface area contributed by atoms with Crippen LogP contribution in [0.1, 0.15) is 34.9 Å². The lowest BCUT2D eigenvalue weighted by Gasteiger charge is -2.20. The van der Waals surface area contributed by atoms with Crippen molar-refractivity contribution < 1.29 is 9.13 Å². The third-order valence-corrected chi connectivity index (χ3v) is 7.74. The molecule has 2 heterocycles. The average molecular weight is 527 g/mol. The van der Waals surface area contributed by atoms with Crippen LogP contribution >= 0.6 is 15.9 Å². The van der Waals surface area contributed by atoms with Crippen molar-refractivity contribution in [2.24, 2.45) is 5.92 Å². The largest absolute Gasteiger partial charge is 0.383 e. The second-order valence-electron chi connectivity index (χ2n) is 9.21. The fourth-order valence-electron chi connectivity index (χ4n) is 4.93. The summed E-state index contributed by atoms with van der Waals surface area (Å²) in [5, 5.41) is 13.6. The minimum absolute atomic E-state index is 0.170. The average Bonchev–Trinajstić information content (AvgIpc) is 3.35. The van der Waals surface area contributed by atoms with Gasteiger partial charge in [-0.15, -0.1) is 0 Å². The van der Waals surface area contributed by atoms with Crippen LogP contribution in [-0.4, -0.2) is 53.7 Å². The molecule has 0 aliphatic carbocycles. The summed E-state index contributed by atoms with van der Waals surface area (Å²) >= 11 is 3.70. The van der Waals surface area contributed by atoms with Crippen molar-refractivity contribution in [3.05, 3.63) is 81.3 Å². The smallest absolute Gasteiger partial charge is 0.126 e. The Morgan fingerprint density at radius 3 is 2.65 bits per heavy atom. The van der Waals surface area contributed by atoms with Crippen molar-refractivity contribution in [2.45, 2.75) is 32.6 Å². The number of rotatable bonds is 9. The van der Waals surface area contributed by atoms with Crippen molar-refractivity contribution in [1.82, 2.24) is 14.7 Å². The number of nitrogens with one attached hydrogen (secondary N) is 1. The van der Waals surface area contributed by atoms with Crippen LogP contribution in [0.2, 0.25) is 0 Å². The van der Waals surface area contributed by atoms with E-state index in [2.05, 4.69) is 20.8 Å². The van der Waals surface area contributed by atoms with Crippen molar-refractivity contribution in [3.63, 3.8) is 0 Å². The van der Waals surface area contributed by atoms with Gasteiger partial charge in [-0.2, -0.15) is 5.10 Å². The van der Waals surface area contributed by atoms with Gasteiger partial charge in [-0.1, -0.05) is 30.3 Å². The Labute approximate surface area is 209 Å². The maximum absolute atomic E-state index is 13.9. The zero-order valence-corrected chi connectivity index (χ0v) is 21.6. The molecule has 3 aromatic rings. The van der Waals surface area contributed by atoms with Crippen molar-refractivity contribution in [2.75, 3.05) is 33.4 Å². The quantitative estimate of drug-likeness (QED) is 0.363. The summed E-state index contributed by atoms with van der Waals surface area (Å²) in [5.74, 6) is 0.388. The molecule has 5 nitrogen and oxygen atoms in total. The predicted molar refractivity (Wildman–Crippen MR) is 138 cm³/mol. The van der Waals surface area contributed by atoms with Crippen LogP contribution in [0.15, 0.2) is 53.0 Å². The fourth-order valence-corrected chi connectivity index (χ4v) is 5.32. The highest BCUT2D eigenvalue weighted by atomic mass is 79.9. The Balaban J connectivity index is 1.54. The molecular weight excluding hydrogens is 495 g/mol. The zero-order chi connectivity index (χ0) is 24.2. The third-order valence-electron chi connectivity index (χ3n) is 6.71. The number of para-hydroxylation sites is 1. The van der Waals surface area contributed by atoms with Gasteiger partial charge >= 0.3 is 0 Å². The molecule has 4 rings (SSSR count). The standard InChI is InChI=1S/C27H32BrFN4O/c1-18-13-20(9-10-25(18)29)24-17-32(11-12-34-3)16-21(24)14-22(30)15-26-27(28)19(2)31-33(26)23-7-5-4-6-8-23/h4-10,13,21,24,30H,11-12,14-17H2,1-3H3/t21-,24+/m1/s1. The molecule has 180 valence electrons. The highest BCUT2D eigenvalue weighted by molar-refractivity contribution is 9.10. The van der Waals surface area contributed by atoms with E-state index in [0.29, 0.717) is 36.6 Å². The first kappa shape index (κ1) is 24.8. The first-order valence-electron chi connectivity index (χ1n) is 11.7. The number of aryl methyl sites for hydroxylation is 2. The molecule has 2 aromatic carbocycles. The Hall–Kier alpha value is -2.35. The van der Waals surface area contributed by atoms with Gasteiger partial charge in [0, 0.05) is 44.8 Å². The lowest BCUT2D eigenvalue weighted by molar-refractivity contribution is 0.158. The number of hydrogen-bond donors (Lipinski definition) is 1. The molecule has 1 fully saturated rings. The van der Waals surface area contributed by atoms with Gasteiger partial charge in [0.25, 0.3) is 0 Å². The number of hydrogen-bond acceptors (Lipinski definition) is 4. The molecule has 1 aromatic heterocycles. The van der Waals surface area contributed by atoms with Crippen LogP contribution in [0.3, 0.4) is 0 Å². The van der Waals surface area contributed by atoms with Gasteiger partial charge in [0.2, 0.25) is 0 Å². The monoisotopic (exact) mass is 526 g/mol. The topological polar surface area (TPSA) is 54.1 Å². The number of likely N-dealkylation sites (tertiary alicyclic amines) is 1. The van der Waals surface area contributed by atoms with E-state index in [-0.39, 0.29) is 11.7 Å². The minimum atomic E-state index is -0.170. The molecule has 1 aliphatic heterocycles. The number of halogens is 2. The predicted octanol–water partition coefficient (Wildman–Crippen LogP) is 5.71. The van der Waals surface area contributed by atoms with Crippen molar-refractivity contribution in [3.8, 4) is 5.69 Å². The molecule has 34 heavy (non-hydrogen) atoms. The highest BCUT2D eigenvalue weighted by Gasteiger charge is 2.34. The molecule has 2 atom stereocenters. The highest BCUT2D eigenvalue weighted by Crippen LogP contribution is 2.36. The molecule has 0 spiro atoms. The van der Waals surface area contributed by atoms with Crippen LogP contribution in [0.4, 0.5) is 4.39 Å². The van der Waals surface area contributed by atoms with Crippen LogP contribution in [0.5, 0.6) is 0 Å². The molecule has 1 aliphatic rings. The summed E-state index contributed by atoms with van der Waals surface area (Å²) in [5.41, 5.74) is 5.41. The maximum atomic E-state index is 13.9. The molecule has 1 N–H and O–H groups in total. The normalized spacial score (nSPS) is 18.5. The molecule has 0 amide bonds. The van der Waals surface area contributed by atoms with Gasteiger partial charge < -0.3 is 15.0 Å². The number of ether oxygens (including phenoxy) is 1. The fraction of sp³-hybridized carbons (Fsp3) is 0.407. The summed E-state index contributed by atoms with van der Waals surface area (Å²) in [6.45, 7) is 7.15. The van der Waals surface area contributed by atoms with E-state index in [1.54, 1.807) is 13.2 Å². The van der Waals surface area contributed by atoms with Gasteiger partial charge in [-0.25, -0.2) is 9.07 Å². The van der Waals surface area contributed by atoms with E-state index in [9.17, 15) is 4.39 Å². The molecule has 7 heteroatoms. The third kappa shape index (κ3) is 5.48. The molecule has 0 radical (unpaired) electrons. The van der Waals surface area contributed by atoms with Gasteiger partial charge in [-0.05, 0) is 71.4 Å². The van der Waals surface area contributed by atoms with Crippen molar-refractivity contribution in [1.29, 1.82) is 5.41 Å². The second kappa shape index (κ2) is 10.9. The Morgan fingerprint density at radius 1 is 1.18 bits per heavy atom. The van der Waals surface area contributed by atoms with Crippen LogP contribution in [0, 0.1) is 31.0 Å². The minimum Gasteiger partial charge on any atom is -0.383 e.